The van der Waals surface area contributed by atoms with Crippen LogP contribution in [0, 0.1) is 0 Å². The van der Waals surface area contributed by atoms with Crippen molar-refractivity contribution in [2.24, 2.45) is 0 Å². The number of ether oxygens (including phenoxy) is 1. The molecule has 2 rings (SSSR count). The molecule has 0 aliphatic heterocycles. The van der Waals surface area contributed by atoms with Crippen molar-refractivity contribution in [3.63, 3.8) is 0 Å². The van der Waals surface area contributed by atoms with Crippen LogP contribution < -0.4 is 5.32 Å². The van der Waals surface area contributed by atoms with E-state index in [1.165, 1.54) is 0 Å². The standard InChI is InChI=1S/C16H14F3N3O4/c17-16(18,19)9-26-8-11-3-1-10(2-4-11)5-22-14(23)12-6-21-13(7-20-12)15(24)25/h1-4,6-7H,5,8-9H2,(H,22,23)(H,24,25). The molecule has 7 nitrogen and oxygen atoms in total. The first kappa shape index (κ1) is 19.3. The number of halogens is 3. The van der Waals surface area contributed by atoms with Gasteiger partial charge in [0.25, 0.3) is 5.91 Å². The third-order valence-electron chi connectivity index (χ3n) is 3.11. The van der Waals surface area contributed by atoms with Crippen molar-refractivity contribution in [3.05, 3.63) is 59.2 Å². The molecule has 2 N–H and O–H groups in total. The Hall–Kier alpha value is -3.01. The topological polar surface area (TPSA) is 101 Å². The fourth-order valence-electron chi connectivity index (χ4n) is 1.87. The number of carboxylic acid groups (broad SMARTS) is 1. The van der Waals surface area contributed by atoms with Gasteiger partial charge in [-0.25, -0.2) is 14.8 Å². The number of aromatic carboxylic acids is 1. The highest BCUT2D eigenvalue weighted by molar-refractivity contribution is 5.92. The summed E-state index contributed by atoms with van der Waals surface area (Å²) in [6.45, 7) is -1.32. The minimum atomic E-state index is -4.37. The van der Waals surface area contributed by atoms with Crippen molar-refractivity contribution in [3.8, 4) is 0 Å². The van der Waals surface area contributed by atoms with Gasteiger partial charge in [-0.05, 0) is 11.1 Å². The van der Waals surface area contributed by atoms with E-state index in [0.717, 1.165) is 12.4 Å². The van der Waals surface area contributed by atoms with E-state index in [4.69, 9.17) is 5.11 Å². The van der Waals surface area contributed by atoms with Gasteiger partial charge in [-0.3, -0.25) is 4.79 Å². The van der Waals surface area contributed by atoms with Crippen molar-refractivity contribution < 1.29 is 32.6 Å². The maximum absolute atomic E-state index is 12.0. The Morgan fingerprint density at radius 3 is 2.15 bits per heavy atom. The van der Waals surface area contributed by atoms with Crippen LogP contribution in [0.25, 0.3) is 0 Å². The zero-order valence-corrected chi connectivity index (χ0v) is 13.3. The Bertz CT molecular complexity index is 762. The van der Waals surface area contributed by atoms with Crippen LogP contribution in [0.5, 0.6) is 0 Å². The number of hydrogen-bond donors (Lipinski definition) is 2. The molecule has 0 aliphatic rings. The number of aromatic nitrogens is 2. The Balaban J connectivity index is 1.83. The molecule has 0 bridgehead atoms. The molecule has 138 valence electrons. The van der Waals surface area contributed by atoms with Crippen molar-refractivity contribution in [2.75, 3.05) is 6.61 Å². The van der Waals surface area contributed by atoms with Gasteiger partial charge >= 0.3 is 12.1 Å². The van der Waals surface area contributed by atoms with Crippen LogP contribution in [0.15, 0.2) is 36.7 Å². The first-order valence-corrected chi connectivity index (χ1v) is 7.30. The van der Waals surface area contributed by atoms with Crippen LogP contribution in [0.3, 0.4) is 0 Å². The van der Waals surface area contributed by atoms with E-state index in [1.54, 1.807) is 24.3 Å². The maximum atomic E-state index is 12.0. The molecule has 0 saturated heterocycles. The Morgan fingerprint density at radius 2 is 1.62 bits per heavy atom. The molecule has 0 atom stereocenters. The lowest BCUT2D eigenvalue weighted by molar-refractivity contribution is -0.176. The van der Waals surface area contributed by atoms with E-state index in [-0.39, 0.29) is 24.5 Å². The smallest absolute Gasteiger partial charge is 0.411 e. The summed E-state index contributed by atoms with van der Waals surface area (Å²) in [4.78, 5) is 29.9. The van der Waals surface area contributed by atoms with Gasteiger partial charge in [-0.2, -0.15) is 13.2 Å². The molecule has 0 saturated carbocycles. The second kappa shape index (κ2) is 8.39. The van der Waals surface area contributed by atoms with Crippen molar-refractivity contribution in [2.45, 2.75) is 19.3 Å². The first-order valence-electron chi connectivity index (χ1n) is 7.30. The predicted octanol–water partition coefficient (Wildman–Crippen LogP) is 2.18. The summed E-state index contributed by atoms with van der Waals surface area (Å²) in [6.07, 6.45) is -2.33. The Morgan fingerprint density at radius 1 is 1.04 bits per heavy atom. The molecule has 10 heteroatoms. The summed E-state index contributed by atoms with van der Waals surface area (Å²) < 4.78 is 40.5. The molecule has 26 heavy (non-hydrogen) atoms. The summed E-state index contributed by atoms with van der Waals surface area (Å²) in [7, 11) is 0. The molecule has 0 fully saturated rings. The summed E-state index contributed by atoms with van der Waals surface area (Å²) in [5.41, 5.74) is 0.976. The van der Waals surface area contributed by atoms with Crippen LogP contribution in [-0.4, -0.2) is 39.7 Å². The molecule has 1 amide bonds. The highest BCUT2D eigenvalue weighted by Gasteiger charge is 2.27. The first-order chi connectivity index (χ1) is 12.2. The van der Waals surface area contributed by atoms with Crippen LogP contribution in [-0.2, 0) is 17.9 Å². The van der Waals surface area contributed by atoms with E-state index in [9.17, 15) is 22.8 Å². The van der Waals surface area contributed by atoms with Gasteiger partial charge in [0.05, 0.1) is 19.0 Å². The maximum Gasteiger partial charge on any atom is 0.411 e. The van der Waals surface area contributed by atoms with Crippen molar-refractivity contribution >= 4 is 11.9 Å². The highest BCUT2D eigenvalue weighted by atomic mass is 19.4. The molecule has 1 aromatic carbocycles. The van der Waals surface area contributed by atoms with Gasteiger partial charge in [0.15, 0.2) is 5.69 Å². The normalized spacial score (nSPS) is 11.2. The lowest BCUT2D eigenvalue weighted by Crippen LogP contribution is -2.24. The number of carbonyl (C=O) groups excluding carboxylic acids is 1. The monoisotopic (exact) mass is 369 g/mol. The summed E-state index contributed by atoms with van der Waals surface area (Å²) in [5, 5.41) is 11.3. The van der Waals surface area contributed by atoms with Gasteiger partial charge in [0, 0.05) is 6.54 Å². The Labute approximate surface area is 145 Å². The Kier molecular flexibility index (Phi) is 6.23. The van der Waals surface area contributed by atoms with Gasteiger partial charge < -0.3 is 15.2 Å². The van der Waals surface area contributed by atoms with E-state index in [1.807, 2.05) is 0 Å². The van der Waals surface area contributed by atoms with Gasteiger partial charge in [-0.15, -0.1) is 0 Å². The highest BCUT2D eigenvalue weighted by Crippen LogP contribution is 2.15. The van der Waals surface area contributed by atoms with E-state index in [0.29, 0.717) is 11.1 Å². The van der Waals surface area contributed by atoms with E-state index >= 15 is 0 Å². The fourth-order valence-corrected chi connectivity index (χ4v) is 1.87. The third kappa shape index (κ3) is 6.13. The van der Waals surface area contributed by atoms with Crippen molar-refractivity contribution in [1.29, 1.82) is 0 Å². The zero-order chi connectivity index (χ0) is 19.2. The number of alkyl halides is 3. The lowest BCUT2D eigenvalue weighted by atomic mass is 10.1. The van der Waals surface area contributed by atoms with Gasteiger partial charge in [-0.1, -0.05) is 24.3 Å². The summed E-state index contributed by atoms with van der Waals surface area (Å²) in [6, 6.07) is 6.48. The SMILES string of the molecule is O=C(O)c1cnc(C(=O)NCc2ccc(COCC(F)(F)F)cc2)cn1. The number of nitrogens with zero attached hydrogens (tertiary/aromatic N) is 2. The fraction of sp³-hybridized carbons (Fsp3) is 0.250. The van der Waals surface area contributed by atoms with Crippen LogP contribution in [0.2, 0.25) is 0 Å². The minimum absolute atomic E-state index is 0.0350. The number of carboxylic acids is 1. The van der Waals surface area contributed by atoms with Gasteiger partial charge in [0.1, 0.15) is 12.3 Å². The molecule has 1 aromatic heterocycles. The molecule has 0 unspecified atom stereocenters. The number of carbonyl (C=O) groups is 2. The largest absolute Gasteiger partial charge is 0.476 e. The molecule has 1 heterocycles. The molecule has 0 radical (unpaired) electrons. The minimum Gasteiger partial charge on any atom is -0.476 e. The third-order valence-corrected chi connectivity index (χ3v) is 3.11. The molecule has 0 spiro atoms. The summed E-state index contributed by atoms with van der Waals surface area (Å²) >= 11 is 0. The predicted molar refractivity (Wildman–Crippen MR) is 82.3 cm³/mol. The van der Waals surface area contributed by atoms with Crippen LogP contribution in [0.4, 0.5) is 13.2 Å². The summed E-state index contributed by atoms with van der Waals surface area (Å²) in [5.74, 6) is -1.78. The van der Waals surface area contributed by atoms with Gasteiger partial charge in [0.2, 0.25) is 0 Å². The van der Waals surface area contributed by atoms with Crippen LogP contribution in [0.1, 0.15) is 32.1 Å². The zero-order valence-electron chi connectivity index (χ0n) is 13.3. The number of rotatable bonds is 7. The van der Waals surface area contributed by atoms with Crippen LogP contribution >= 0.6 is 0 Å². The number of benzene rings is 1. The van der Waals surface area contributed by atoms with E-state index in [2.05, 4.69) is 20.0 Å². The second-order valence-corrected chi connectivity index (χ2v) is 5.20. The number of nitrogens with one attached hydrogen (secondary N) is 1. The lowest BCUT2D eigenvalue weighted by Gasteiger charge is -2.09. The number of amides is 1. The number of hydrogen-bond acceptors (Lipinski definition) is 5. The van der Waals surface area contributed by atoms with E-state index < -0.39 is 24.7 Å². The second-order valence-electron chi connectivity index (χ2n) is 5.20. The average Bonchev–Trinajstić information content (AvgIpc) is 2.60. The van der Waals surface area contributed by atoms with Crippen molar-refractivity contribution in [1.82, 2.24) is 15.3 Å². The molecule has 2 aromatic rings. The quantitative estimate of drug-likeness (QED) is 0.776. The average molecular weight is 369 g/mol. The molecular formula is C16H14F3N3O4. The molecule has 0 aliphatic carbocycles. The molecular weight excluding hydrogens is 355 g/mol.